The number of hydrogen-bond donors (Lipinski definition) is 2. The molecule has 0 aromatic heterocycles. The lowest BCUT2D eigenvalue weighted by atomic mass is 10.2. The Bertz CT molecular complexity index is 1060. The van der Waals surface area contributed by atoms with Gasteiger partial charge in [-0.3, -0.25) is 0 Å². The highest BCUT2D eigenvalue weighted by Gasteiger charge is 2.26. The van der Waals surface area contributed by atoms with Crippen molar-refractivity contribution in [1.29, 1.82) is 0 Å². The van der Waals surface area contributed by atoms with Crippen LogP contribution in [0, 0.1) is 0 Å². The number of rotatable bonds is 4. The second kappa shape index (κ2) is 9.61. The Morgan fingerprint density at radius 1 is 1.13 bits per heavy atom. The number of carbonyl (C=O) groups is 1. The number of urea groups is 1. The molecule has 160 valence electrons. The third-order valence-corrected chi connectivity index (χ3v) is 8.07. The molecule has 3 rings (SSSR count). The quantitative estimate of drug-likeness (QED) is 0.564. The fourth-order valence-electron chi connectivity index (χ4n) is 3.11. The number of sulfonamides is 1. The second-order valence-electron chi connectivity index (χ2n) is 6.69. The molecule has 0 aliphatic carbocycles. The van der Waals surface area contributed by atoms with Crippen molar-refractivity contribution in [2.24, 2.45) is 5.73 Å². The Balaban J connectivity index is 1.77. The van der Waals surface area contributed by atoms with Crippen LogP contribution in [0.2, 0.25) is 5.02 Å². The van der Waals surface area contributed by atoms with Crippen LogP contribution in [0.4, 0.5) is 16.2 Å². The molecule has 3 N–H and O–H groups in total. The average Bonchev–Trinajstić information content (AvgIpc) is 2.71. The van der Waals surface area contributed by atoms with Crippen molar-refractivity contribution >= 4 is 72.3 Å². The molecule has 1 heterocycles. The lowest BCUT2D eigenvalue weighted by molar-refractivity contribution is 0.256. The first-order chi connectivity index (χ1) is 14.2. The van der Waals surface area contributed by atoms with E-state index in [0.717, 1.165) is 24.2 Å². The molecule has 2 aromatic carbocycles. The normalized spacial score (nSPS) is 14.9. The van der Waals surface area contributed by atoms with Crippen molar-refractivity contribution < 1.29 is 13.2 Å². The minimum absolute atomic E-state index is 0.0347. The van der Waals surface area contributed by atoms with Crippen molar-refractivity contribution in [2.75, 3.05) is 23.3 Å². The van der Waals surface area contributed by atoms with Gasteiger partial charge in [0.15, 0.2) is 5.11 Å². The summed E-state index contributed by atoms with van der Waals surface area (Å²) >= 11 is 14.7. The Kier molecular flexibility index (Phi) is 7.35. The van der Waals surface area contributed by atoms with E-state index < -0.39 is 16.1 Å². The van der Waals surface area contributed by atoms with Crippen LogP contribution in [0.1, 0.15) is 19.3 Å². The van der Waals surface area contributed by atoms with Crippen LogP contribution in [0.3, 0.4) is 0 Å². The summed E-state index contributed by atoms with van der Waals surface area (Å²) < 4.78 is 27.7. The zero-order chi connectivity index (χ0) is 21.9. The Hall–Kier alpha value is -1.72. The average molecular weight is 532 g/mol. The first-order valence-electron chi connectivity index (χ1n) is 9.16. The van der Waals surface area contributed by atoms with Crippen LogP contribution in [0.15, 0.2) is 51.8 Å². The number of nitrogens with zero attached hydrogens (tertiary/aromatic N) is 2. The number of benzene rings is 2. The highest BCUT2D eigenvalue weighted by atomic mass is 79.9. The topological polar surface area (TPSA) is 95.7 Å². The van der Waals surface area contributed by atoms with Gasteiger partial charge in [-0.05, 0) is 83.5 Å². The number of amides is 2. The summed E-state index contributed by atoms with van der Waals surface area (Å²) in [6.07, 6.45) is 2.79. The molecule has 2 amide bonds. The summed E-state index contributed by atoms with van der Waals surface area (Å²) in [5, 5.41) is 3.34. The molecule has 0 spiro atoms. The van der Waals surface area contributed by atoms with Crippen molar-refractivity contribution in [3.8, 4) is 0 Å². The molecular formula is C19H20BrClN4O3S2. The summed E-state index contributed by atoms with van der Waals surface area (Å²) in [4.78, 5) is 13.3. The number of primary amides is 1. The molecule has 0 unspecified atom stereocenters. The second-order valence-corrected chi connectivity index (χ2v) is 10.3. The van der Waals surface area contributed by atoms with Gasteiger partial charge < -0.3 is 11.1 Å². The maximum atomic E-state index is 12.8. The standard InChI is InChI=1S/C19H20BrClN4O3S2/c20-16-9-6-14(12-17(16)21)25(18(22)26)19(29)23-13-4-7-15(8-5-13)30(27,28)24-10-2-1-3-11-24/h4-9,12H,1-3,10-11H2,(H2,22,26)(H,23,29). The lowest BCUT2D eigenvalue weighted by Gasteiger charge is -2.26. The van der Waals surface area contributed by atoms with Gasteiger partial charge in [0.2, 0.25) is 10.0 Å². The van der Waals surface area contributed by atoms with E-state index in [4.69, 9.17) is 29.6 Å². The molecule has 0 bridgehead atoms. The molecule has 30 heavy (non-hydrogen) atoms. The van der Waals surface area contributed by atoms with Crippen LogP contribution >= 0.6 is 39.7 Å². The van der Waals surface area contributed by atoms with Crippen LogP contribution in [0.25, 0.3) is 0 Å². The Morgan fingerprint density at radius 3 is 2.33 bits per heavy atom. The van der Waals surface area contributed by atoms with Gasteiger partial charge in [0.05, 0.1) is 15.6 Å². The molecule has 0 atom stereocenters. The highest BCUT2D eigenvalue weighted by molar-refractivity contribution is 9.10. The minimum Gasteiger partial charge on any atom is -0.351 e. The Labute approximate surface area is 194 Å². The molecule has 7 nitrogen and oxygen atoms in total. The molecule has 1 saturated heterocycles. The predicted octanol–water partition coefficient (Wildman–Crippen LogP) is 4.56. The fourth-order valence-corrected chi connectivity index (χ4v) is 5.36. The molecule has 1 fully saturated rings. The molecule has 11 heteroatoms. The zero-order valence-corrected chi connectivity index (χ0v) is 19.8. The summed E-state index contributed by atoms with van der Waals surface area (Å²) in [6, 6.07) is 10.3. The van der Waals surface area contributed by atoms with E-state index >= 15 is 0 Å². The smallest absolute Gasteiger partial charge is 0.325 e. The van der Waals surface area contributed by atoms with E-state index in [-0.39, 0.29) is 10.0 Å². The van der Waals surface area contributed by atoms with Crippen molar-refractivity contribution in [2.45, 2.75) is 24.2 Å². The van der Waals surface area contributed by atoms with Crippen LogP contribution in [0.5, 0.6) is 0 Å². The third-order valence-electron chi connectivity index (χ3n) is 4.64. The number of anilines is 2. The van der Waals surface area contributed by atoms with Crippen LogP contribution in [-0.2, 0) is 10.0 Å². The van der Waals surface area contributed by atoms with Gasteiger partial charge in [0.1, 0.15) is 0 Å². The number of halogens is 2. The van der Waals surface area contributed by atoms with Gasteiger partial charge >= 0.3 is 6.03 Å². The first-order valence-corrected chi connectivity index (χ1v) is 12.2. The van der Waals surface area contributed by atoms with Crippen LogP contribution in [-0.4, -0.2) is 37.0 Å². The molecular weight excluding hydrogens is 512 g/mol. The number of carbonyl (C=O) groups excluding carboxylic acids is 1. The number of nitrogens with two attached hydrogens (primary N) is 1. The summed E-state index contributed by atoms with van der Waals surface area (Å²) in [7, 11) is -3.52. The monoisotopic (exact) mass is 530 g/mol. The van der Waals surface area contributed by atoms with E-state index in [0.29, 0.717) is 34.0 Å². The summed E-state index contributed by atoms with van der Waals surface area (Å²) in [5.74, 6) is 0. The van der Waals surface area contributed by atoms with E-state index in [1.807, 2.05) is 0 Å². The maximum absolute atomic E-state index is 12.8. The minimum atomic E-state index is -3.52. The van der Waals surface area contributed by atoms with E-state index in [9.17, 15) is 13.2 Å². The van der Waals surface area contributed by atoms with Gasteiger partial charge in [0, 0.05) is 23.2 Å². The van der Waals surface area contributed by atoms with Gasteiger partial charge in [-0.15, -0.1) is 0 Å². The highest BCUT2D eigenvalue weighted by Crippen LogP contribution is 2.28. The molecule has 2 aromatic rings. The maximum Gasteiger partial charge on any atom is 0.325 e. The van der Waals surface area contributed by atoms with E-state index in [2.05, 4.69) is 21.2 Å². The van der Waals surface area contributed by atoms with Crippen molar-refractivity contribution in [3.05, 3.63) is 52.0 Å². The largest absolute Gasteiger partial charge is 0.351 e. The fraction of sp³-hybridized carbons (Fsp3) is 0.263. The first kappa shape index (κ1) is 23.0. The number of nitrogens with one attached hydrogen (secondary N) is 1. The van der Waals surface area contributed by atoms with E-state index in [1.54, 1.807) is 30.3 Å². The third kappa shape index (κ3) is 5.12. The van der Waals surface area contributed by atoms with E-state index in [1.165, 1.54) is 16.4 Å². The molecule has 0 radical (unpaired) electrons. The van der Waals surface area contributed by atoms with Gasteiger partial charge in [-0.1, -0.05) is 18.0 Å². The lowest BCUT2D eigenvalue weighted by Crippen LogP contribution is -2.43. The zero-order valence-electron chi connectivity index (χ0n) is 15.8. The summed E-state index contributed by atoms with van der Waals surface area (Å²) in [6.45, 7) is 1.07. The van der Waals surface area contributed by atoms with Gasteiger partial charge in [0.25, 0.3) is 0 Å². The SMILES string of the molecule is NC(=O)N(C(=S)Nc1ccc(S(=O)(=O)N2CCCCC2)cc1)c1ccc(Br)c(Cl)c1. The number of piperidine rings is 1. The van der Waals surface area contributed by atoms with Crippen LogP contribution < -0.4 is 16.0 Å². The molecule has 1 aliphatic heterocycles. The van der Waals surface area contributed by atoms with Gasteiger partial charge in [-0.2, -0.15) is 4.31 Å². The van der Waals surface area contributed by atoms with Crippen molar-refractivity contribution in [1.82, 2.24) is 4.31 Å². The van der Waals surface area contributed by atoms with Crippen molar-refractivity contribution in [3.63, 3.8) is 0 Å². The summed E-state index contributed by atoms with van der Waals surface area (Å²) in [5.41, 5.74) is 6.42. The molecule has 1 aliphatic rings. The number of hydrogen-bond acceptors (Lipinski definition) is 4. The predicted molar refractivity (Wildman–Crippen MR) is 126 cm³/mol. The van der Waals surface area contributed by atoms with Gasteiger partial charge in [-0.25, -0.2) is 18.1 Å². The number of thiocarbonyl (C=S) groups is 1. The molecule has 0 saturated carbocycles. The Morgan fingerprint density at radius 2 is 1.77 bits per heavy atom.